The van der Waals surface area contributed by atoms with Gasteiger partial charge in [-0.05, 0) is 53.4 Å². The number of hydrogen-bond acceptors (Lipinski definition) is 2. The number of thiophene rings is 1. The molecule has 3 nitrogen and oxygen atoms in total. The zero-order valence-corrected chi connectivity index (χ0v) is 15.2. The summed E-state index contributed by atoms with van der Waals surface area (Å²) in [5, 5.41) is 5.44. The van der Waals surface area contributed by atoms with Crippen LogP contribution >= 0.6 is 22.9 Å². The zero-order chi connectivity index (χ0) is 18.1. The van der Waals surface area contributed by atoms with Crippen LogP contribution in [0.5, 0.6) is 0 Å². The fourth-order valence-electron chi connectivity index (χ4n) is 2.87. The highest BCUT2D eigenvalue weighted by atomic mass is 35.5. The highest BCUT2D eigenvalue weighted by Gasteiger charge is 2.17. The molecule has 2 heterocycles. The number of nitrogens with zero attached hydrogens (tertiary/aromatic N) is 1. The first-order chi connectivity index (χ1) is 12.6. The maximum Gasteiger partial charge on any atom is 0.272 e. The van der Waals surface area contributed by atoms with Crippen molar-refractivity contribution in [1.29, 1.82) is 0 Å². The van der Waals surface area contributed by atoms with Crippen LogP contribution in [-0.2, 0) is 6.54 Å². The van der Waals surface area contributed by atoms with Gasteiger partial charge in [0.25, 0.3) is 5.91 Å². The van der Waals surface area contributed by atoms with Crippen molar-refractivity contribution in [2.75, 3.05) is 5.32 Å². The summed E-state index contributed by atoms with van der Waals surface area (Å²) in [4.78, 5) is 12.8. The largest absolute Gasteiger partial charge is 0.331 e. The second-order valence-corrected chi connectivity index (χ2v) is 7.26. The van der Waals surface area contributed by atoms with Gasteiger partial charge >= 0.3 is 0 Å². The molecule has 0 aliphatic rings. The number of amides is 1. The van der Waals surface area contributed by atoms with Crippen LogP contribution in [0.1, 0.15) is 16.1 Å². The van der Waals surface area contributed by atoms with Crippen molar-refractivity contribution in [3.63, 3.8) is 0 Å². The van der Waals surface area contributed by atoms with Crippen LogP contribution in [0, 0.1) is 5.82 Å². The normalized spacial score (nSPS) is 11.0. The molecule has 2 aromatic heterocycles. The molecule has 4 aromatic rings. The van der Waals surface area contributed by atoms with Crippen molar-refractivity contribution in [2.45, 2.75) is 6.54 Å². The topological polar surface area (TPSA) is 34.0 Å². The van der Waals surface area contributed by atoms with Crippen LogP contribution in [0.2, 0.25) is 5.02 Å². The first-order valence-corrected chi connectivity index (χ1v) is 9.24. The molecule has 1 amide bonds. The molecule has 0 fully saturated rings. The molecule has 0 bridgehead atoms. The predicted octanol–water partition coefficient (Wildman–Crippen LogP) is 5.80. The van der Waals surface area contributed by atoms with Crippen molar-refractivity contribution >= 4 is 44.7 Å². The summed E-state index contributed by atoms with van der Waals surface area (Å²) < 4.78 is 16.1. The Morgan fingerprint density at radius 1 is 1.12 bits per heavy atom. The van der Waals surface area contributed by atoms with E-state index in [9.17, 15) is 9.18 Å². The fraction of sp³-hybridized carbons (Fsp3) is 0.0500. The lowest BCUT2D eigenvalue weighted by molar-refractivity contribution is 0.101. The number of carbonyl (C=O) groups is 1. The first-order valence-electron chi connectivity index (χ1n) is 7.98. The fourth-order valence-corrected chi connectivity index (χ4v) is 3.88. The van der Waals surface area contributed by atoms with Crippen molar-refractivity contribution in [1.82, 2.24) is 4.57 Å². The highest BCUT2D eigenvalue weighted by Crippen LogP contribution is 2.27. The van der Waals surface area contributed by atoms with E-state index < -0.39 is 0 Å². The van der Waals surface area contributed by atoms with Gasteiger partial charge in [-0.15, -0.1) is 11.3 Å². The molecule has 1 N–H and O–H groups in total. The number of carbonyl (C=O) groups excluding carboxylic acids is 1. The molecule has 0 aliphatic heterocycles. The summed E-state index contributed by atoms with van der Waals surface area (Å²) in [7, 11) is 0. The minimum atomic E-state index is -0.277. The summed E-state index contributed by atoms with van der Waals surface area (Å²) in [6.45, 7) is 0.485. The molecule has 0 saturated carbocycles. The lowest BCUT2D eigenvalue weighted by atomic mass is 10.2. The number of anilines is 1. The molecule has 4 rings (SSSR count). The summed E-state index contributed by atoms with van der Waals surface area (Å²) in [6.07, 6.45) is 0. The van der Waals surface area contributed by atoms with Gasteiger partial charge in [0.2, 0.25) is 0 Å². The minimum Gasteiger partial charge on any atom is -0.331 e. The van der Waals surface area contributed by atoms with Crippen molar-refractivity contribution in [3.05, 3.63) is 88.1 Å². The van der Waals surface area contributed by atoms with Crippen molar-refractivity contribution in [3.8, 4) is 0 Å². The first kappa shape index (κ1) is 16.8. The van der Waals surface area contributed by atoms with E-state index in [0.29, 0.717) is 22.9 Å². The van der Waals surface area contributed by atoms with Crippen molar-refractivity contribution in [2.24, 2.45) is 0 Å². The summed E-state index contributed by atoms with van der Waals surface area (Å²) in [5.41, 5.74) is 3.10. The van der Waals surface area contributed by atoms with Gasteiger partial charge in [0.05, 0.1) is 10.2 Å². The van der Waals surface area contributed by atoms with Crippen LogP contribution in [-0.4, -0.2) is 10.5 Å². The Kier molecular flexibility index (Phi) is 4.49. The van der Waals surface area contributed by atoms with E-state index in [1.54, 1.807) is 47.7 Å². The Morgan fingerprint density at radius 2 is 1.92 bits per heavy atom. The zero-order valence-electron chi connectivity index (χ0n) is 13.6. The minimum absolute atomic E-state index is 0.210. The second kappa shape index (κ2) is 6.94. The summed E-state index contributed by atoms with van der Waals surface area (Å²) >= 11 is 7.57. The number of benzene rings is 2. The SMILES string of the molecule is O=C(Nc1cccc(Cl)c1)c1cc2sccc2n1Cc1ccc(F)cc1. The number of aromatic nitrogens is 1. The maximum absolute atomic E-state index is 13.2. The lowest BCUT2D eigenvalue weighted by Crippen LogP contribution is -2.17. The standard InChI is InChI=1S/C20H14ClFN2OS/c21-14-2-1-3-16(10-14)23-20(25)18-11-19-17(8-9-26-19)24(18)12-13-4-6-15(22)7-5-13/h1-11H,12H2,(H,23,25). The molecular weight excluding hydrogens is 371 g/mol. The smallest absolute Gasteiger partial charge is 0.272 e. The molecule has 0 saturated heterocycles. The summed E-state index contributed by atoms with van der Waals surface area (Å²) in [6, 6.07) is 17.2. The van der Waals surface area contributed by atoms with Gasteiger partial charge in [0.1, 0.15) is 11.5 Å². The molecule has 0 atom stereocenters. The Hall–Kier alpha value is -2.63. The van der Waals surface area contributed by atoms with E-state index in [4.69, 9.17) is 11.6 Å². The Bertz CT molecular complexity index is 1080. The van der Waals surface area contributed by atoms with Gasteiger partial charge in [0.15, 0.2) is 0 Å². The van der Waals surface area contributed by atoms with Crippen LogP contribution in [0.4, 0.5) is 10.1 Å². The Balaban J connectivity index is 1.69. The van der Waals surface area contributed by atoms with E-state index in [0.717, 1.165) is 15.8 Å². The van der Waals surface area contributed by atoms with Crippen molar-refractivity contribution < 1.29 is 9.18 Å². The van der Waals surface area contributed by atoms with Gasteiger partial charge in [0, 0.05) is 17.3 Å². The van der Waals surface area contributed by atoms with Crippen LogP contribution in [0.15, 0.2) is 66.0 Å². The molecule has 0 unspecified atom stereocenters. The summed E-state index contributed by atoms with van der Waals surface area (Å²) in [5.74, 6) is -0.487. The third-order valence-electron chi connectivity index (χ3n) is 4.09. The number of hydrogen-bond donors (Lipinski definition) is 1. The highest BCUT2D eigenvalue weighted by molar-refractivity contribution is 7.17. The quantitative estimate of drug-likeness (QED) is 0.474. The predicted molar refractivity (Wildman–Crippen MR) is 105 cm³/mol. The van der Waals surface area contributed by atoms with E-state index in [2.05, 4.69) is 5.32 Å². The average Bonchev–Trinajstić information content (AvgIpc) is 3.19. The molecular formula is C20H14ClFN2OS. The molecule has 130 valence electrons. The van der Waals surface area contributed by atoms with Gasteiger partial charge < -0.3 is 9.88 Å². The van der Waals surface area contributed by atoms with E-state index in [-0.39, 0.29) is 11.7 Å². The lowest BCUT2D eigenvalue weighted by Gasteiger charge is -2.11. The van der Waals surface area contributed by atoms with Gasteiger partial charge in [-0.25, -0.2) is 4.39 Å². The van der Waals surface area contributed by atoms with E-state index >= 15 is 0 Å². The number of fused-ring (bicyclic) bond motifs is 1. The maximum atomic E-state index is 13.2. The average molecular weight is 385 g/mol. The monoisotopic (exact) mass is 384 g/mol. The van der Waals surface area contributed by atoms with Gasteiger partial charge in [-0.1, -0.05) is 29.8 Å². The van der Waals surface area contributed by atoms with Crippen LogP contribution in [0.3, 0.4) is 0 Å². The molecule has 0 spiro atoms. The molecule has 6 heteroatoms. The van der Waals surface area contributed by atoms with Gasteiger partial charge in [-0.2, -0.15) is 0 Å². The van der Waals surface area contributed by atoms with Crippen LogP contribution in [0.25, 0.3) is 10.2 Å². The van der Waals surface area contributed by atoms with E-state index in [1.807, 2.05) is 22.1 Å². The Morgan fingerprint density at radius 3 is 2.69 bits per heavy atom. The van der Waals surface area contributed by atoms with E-state index in [1.165, 1.54) is 12.1 Å². The Labute approximate surface area is 158 Å². The van der Waals surface area contributed by atoms with Crippen LogP contribution < -0.4 is 5.32 Å². The molecule has 0 radical (unpaired) electrons. The second-order valence-electron chi connectivity index (χ2n) is 5.88. The number of nitrogens with one attached hydrogen (secondary N) is 1. The molecule has 2 aromatic carbocycles. The molecule has 26 heavy (non-hydrogen) atoms. The third kappa shape index (κ3) is 3.36. The number of halogens is 2. The third-order valence-corrected chi connectivity index (χ3v) is 5.18. The number of rotatable bonds is 4. The van der Waals surface area contributed by atoms with Gasteiger partial charge in [-0.3, -0.25) is 4.79 Å². The molecule has 0 aliphatic carbocycles.